The van der Waals surface area contributed by atoms with Crippen molar-refractivity contribution in [3.63, 3.8) is 0 Å². The zero-order chi connectivity index (χ0) is 24.1. The number of halogens is 1. The molecule has 0 radical (unpaired) electrons. The van der Waals surface area contributed by atoms with Gasteiger partial charge in [-0.1, -0.05) is 30.3 Å². The number of fused-ring (bicyclic) bond motifs is 2. The van der Waals surface area contributed by atoms with E-state index in [0.717, 1.165) is 5.56 Å². The van der Waals surface area contributed by atoms with Crippen LogP contribution in [0.3, 0.4) is 0 Å². The second-order valence-corrected chi connectivity index (χ2v) is 10.2. The first-order valence-electron chi connectivity index (χ1n) is 10.8. The first-order chi connectivity index (χ1) is 16.2. The number of hydrogen-bond donors (Lipinski definition) is 1. The maximum absolute atomic E-state index is 16.2. The molecule has 0 amide bonds. The van der Waals surface area contributed by atoms with Gasteiger partial charge in [-0.15, -0.1) is 0 Å². The molecule has 2 aromatic heterocycles. The minimum atomic E-state index is -4.02. The van der Waals surface area contributed by atoms with Crippen LogP contribution < -0.4 is 10.5 Å². The Kier molecular flexibility index (Phi) is 5.81. The number of imidazole rings is 1. The quantitative estimate of drug-likeness (QED) is 0.508. The Bertz CT molecular complexity index is 1240. The smallest absolute Gasteiger partial charge is 0.473 e. The standard InChI is InChI=1S/C21H25FN5O6P/c1-12(2)31-18-15-17(25-20(23)26-18)27(11-24-15)19-21(3,22)16-14(32-19)10-30-34(28,33-16)29-9-13-7-5-4-6-8-13/h4-8,11-12,14,16,19H,9-10H2,1-3H3,(H2,23,25,26)/t14-,16-,19-,21-,34?/m1/s1. The molecule has 2 N–H and O–H groups in total. The number of aromatic nitrogens is 4. The van der Waals surface area contributed by atoms with Crippen molar-refractivity contribution in [3.05, 3.63) is 42.2 Å². The Labute approximate surface area is 195 Å². The first-order valence-corrected chi connectivity index (χ1v) is 12.2. The number of nitrogens with zero attached hydrogens (tertiary/aromatic N) is 4. The molecule has 5 rings (SSSR count). The van der Waals surface area contributed by atoms with E-state index in [0.29, 0.717) is 5.52 Å². The van der Waals surface area contributed by atoms with Crippen LogP contribution in [-0.2, 0) is 29.5 Å². The number of ether oxygens (including phenoxy) is 2. The van der Waals surface area contributed by atoms with Gasteiger partial charge in [0.25, 0.3) is 0 Å². The van der Waals surface area contributed by atoms with Crippen molar-refractivity contribution < 1.29 is 32.0 Å². The summed E-state index contributed by atoms with van der Waals surface area (Å²) in [5, 5.41) is 0. The third-order valence-electron chi connectivity index (χ3n) is 5.56. The van der Waals surface area contributed by atoms with Crippen LogP contribution in [0.2, 0.25) is 0 Å². The van der Waals surface area contributed by atoms with E-state index in [1.807, 2.05) is 44.2 Å². The highest BCUT2D eigenvalue weighted by atomic mass is 31.2. The lowest BCUT2D eigenvalue weighted by molar-refractivity contribution is -0.0714. The van der Waals surface area contributed by atoms with Crippen molar-refractivity contribution >= 4 is 24.9 Å². The SMILES string of the molecule is CC(C)Oc1nc(N)nc2c1ncn2[C@@H]1O[C@@H]2COP(=O)(OCc3ccccc3)O[C@H]2[C@@]1(C)F. The van der Waals surface area contributed by atoms with Gasteiger partial charge >= 0.3 is 7.82 Å². The van der Waals surface area contributed by atoms with Gasteiger partial charge < -0.3 is 15.2 Å². The minimum absolute atomic E-state index is 0.0101. The predicted octanol–water partition coefficient (Wildman–Crippen LogP) is 3.56. The molecular weight excluding hydrogens is 468 g/mol. The zero-order valence-electron chi connectivity index (χ0n) is 18.8. The summed E-state index contributed by atoms with van der Waals surface area (Å²) in [6.07, 6.45) is -2.06. The molecule has 182 valence electrons. The number of phosphoric acid groups is 1. The molecule has 0 saturated carbocycles. The van der Waals surface area contributed by atoms with E-state index in [9.17, 15) is 4.57 Å². The lowest BCUT2D eigenvalue weighted by Gasteiger charge is -2.33. The summed E-state index contributed by atoms with van der Waals surface area (Å²) < 4.78 is 58.6. The van der Waals surface area contributed by atoms with E-state index in [4.69, 9.17) is 28.8 Å². The van der Waals surface area contributed by atoms with E-state index in [2.05, 4.69) is 15.0 Å². The van der Waals surface area contributed by atoms with E-state index in [1.165, 1.54) is 17.8 Å². The van der Waals surface area contributed by atoms with Gasteiger partial charge in [-0.05, 0) is 26.3 Å². The van der Waals surface area contributed by atoms with Crippen LogP contribution in [-0.4, -0.2) is 50.1 Å². The molecule has 2 saturated heterocycles. The second-order valence-electron chi connectivity index (χ2n) is 8.58. The minimum Gasteiger partial charge on any atom is -0.473 e. The maximum Gasteiger partial charge on any atom is 0.475 e. The van der Waals surface area contributed by atoms with Gasteiger partial charge in [0.05, 0.1) is 25.6 Å². The van der Waals surface area contributed by atoms with Gasteiger partial charge in [0, 0.05) is 0 Å². The fourth-order valence-electron chi connectivity index (χ4n) is 4.02. The van der Waals surface area contributed by atoms with Crippen molar-refractivity contribution in [2.75, 3.05) is 12.3 Å². The third-order valence-corrected chi connectivity index (χ3v) is 6.95. The van der Waals surface area contributed by atoms with Crippen LogP contribution in [0.5, 0.6) is 5.88 Å². The first kappa shape index (κ1) is 23.1. The molecule has 34 heavy (non-hydrogen) atoms. The number of phosphoric ester groups is 1. The zero-order valence-corrected chi connectivity index (χ0v) is 19.7. The molecule has 3 aromatic rings. The summed E-state index contributed by atoms with van der Waals surface area (Å²) in [5.74, 6) is 0.130. The molecule has 0 bridgehead atoms. The Morgan fingerprint density at radius 2 is 2.09 bits per heavy atom. The van der Waals surface area contributed by atoms with Crippen molar-refractivity contribution in [1.82, 2.24) is 19.5 Å². The van der Waals surface area contributed by atoms with Gasteiger partial charge in [-0.2, -0.15) is 9.97 Å². The van der Waals surface area contributed by atoms with E-state index in [1.54, 1.807) is 0 Å². The maximum atomic E-state index is 16.2. The van der Waals surface area contributed by atoms with Crippen molar-refractivity contribution in [1.29, 1.82) is 0 Å². The summed E-state index contributed by atoms with van der Waals surface area (Å²) in [6.45, 7) is 4.79. The molecule has 11 nitrogen and oxygen atoms in total. The second kappa shape index (κ2) is 8.54. The predicted molar refractivity (Wildman–Crippen MR) is 119 cm³/mol. The Hall–Kier alpha value is -2.63. The van der Waals surface area contributed by atoms with Crippen LogP contribution in [0.25, 0.3) is 11.2 Å². The lowest BCUT2D eigenvalue weighted by Crippen LogP contribution is -2.44. The highest BCUT2D eigenvalue weighted by Gasteiger charge is 2.61. The van der Waals surface area contributed by atoms with E-state index < -0.39 is 31.9 Å². The number of hydrogen-bond acceptors (Lipinski definition) is 10. The molecule has 0 aliphatic carbocycles. The molecule has 5 atom stereocenters. The highest BCUT2D eigenvalue weighted by Crippen LogP contribution is 2.60. The van der Waals surface area contributed by atoms with Crippen LogP contribution in [0.4, 0.5) is 10.3 Å². The van der Waals surface area contributed by atoms with Crippen molar-refractivity contribution in [2.45, 2.75) is 57.6 Å². The van der Waals surface area contributed by atoms with Crippen molar-refractivity contribution in [3.8, 4) is 5.88 Å². The van der Waals surface area contributed by atoms with E-state index in [-0.39, 0.29) is 36.8 Å². The normalized spacial score (nSPS) is 31.1. The van der Waals surface area contributed by atoms with Crippen LogP contribution in [0, 0.1) is 0 Å². The summed E-state index contributed by atoms with van der Waals surface area (Å²) in [7, 11) is -4.02. The topological polar surface area (TPSA) is 133 Å². The Balaban J connectivity index is 1.40. The largest absolute Gasteiger partial charge is 0.475 e. The molecule has 4 heterocycles. The number of nitrogen functional groups attached to an aromatic ring is 1. The third kappa shape index (κ3) is 4.16. The van der Waals surface area contributed by atoms with Crippen molar-refractivity contribution in [2.24, 2.45) is 0 Å². The van der Waals surface area contributed by atoms with Gasteiger partial charge in [-0.3, -0.25) is 18.1 Å². The van der Waals surface area contributed by atoms with Gasteiger partial charge in [-0.25, -0.2) is 13.9 Å². The number of rotatable bonds is 6. The number of alkyl halides is 1. The van der Waals surface area contributed by atoms with E-state index >= 15 is 4.39 Å². The summed E-state index contributed by atoms with van der Waals surface area (Å²) in [4.78, 5) is 12.6. The average molecular weight is 493 g/mol. The summed E-state index contributed by atoms with van der Waals surface area (Å²) >= 11 is 0. The fourth-order valence-corrected chi connectivity index (χ4v) is 5.48. The van der Waals surface area contributed by atoms with Crippen LogP contribution in [0.15, 0.2) is 36.7 Å². The molecular formula is C21H25FN5O6P. The number of anilines is 1. The molecule has 2 aliphatic rings. The van der Waals surface area contributed by atoms with Gasteiger partial charge in [0.1, 0.15) is 12.2 Å². The van der Waals surface area contributed by atoms with Gasteiger partial charge in [0.15, 0.2) is 23.1 Å². The molecule has 1 aromatic carbocycles. The van der Waals surface area contributed by atoms with Gasteiger partial charge in [0.2, 0.25) is 11.8 Å². The van der Waals surface area contributed by atoms with Crippen LogP contribution in [0.1, 0.15) is 32.6 Å². The Morgan fingerprint density at radius 1 is 1.32 bits per heavy atom. The average Bonchev–Trinajstić information content (AvgIpc) is 3.31. The number of benzene rings is 1. The molecule has 2 aliphatic heterocycles. The van der Waals surface area contributed by atoms with Crippen LogP contribution >= 0.6 is 7.82 Å². The molecule has 2 fully saturated rings. The lowest BCUT2D eigenvalue weighted by atomic mass is 9.98. The summed E-state index contributed by atoms with van der Waals surface area (Å²) in [5.41, 5.74) is 5.04. The highest BCUT2D eigenvalue weighted by molar-refractivity contribution is 7.48. The fraction of sp³-hybridized carbons (Fsp3) is 0.476. The summed E-state index contributed by atoms with van der Waals surface area (Å²) in [6, 6.07) is 9.11. The monoisotopic (exact) mass is 493 g/mol. The number of nitrogens with two attached hydrogens (primary N) is 1. The molecule has 13 heteroatoms. The Morgan fingerprint density at radius 3 is 2.82 bits per heavy atom. The molecule has 0 spiro atoms. The molecule has 1 unspecified atom stereocenters.